The molecule has 0 radical (unpaired) electrons. The van der Waals surface area contributed by atoms with Crippen molar-refractivity contribution in [2.45, 2.75) is 32.9 Å². The van der Waals surface area contributed by atoms with E-state index < -0.39 is 23.8 Å². The minimum atomic E-state index is -0.933. The fourth-order valence-electron chi connectivity index (χ4n) is 3.22. The largest absolute Gasteiger partial charge is 0.497 e. The topological polar surface area (TPSA) is 131 Å². The molecule has 3 amide bonds. The lowest BCUT2D eigenvalue weighted by Gasteiger charge is -2.15. The summed E-state index contributed by atoms with van der Waals surface area (Å²) >= 11 is 0. The molecule has 0 aliphatic rings. The molecule has 1 aromatic heterocycles. The molecule has 3 rings (SSSR count). The maximum atomic E-state index is 12.8. The van der Waals surface area contributed by atoms with Crippen LogP contribution >= 0.6 is 0 Å². The van der Waals surface area contributed by atoms with Crippen LogP contribution < -0.4 is 26.5 Å². The van der Waals surface area contributed by atoms with E-state index in [1.165, 1.54) is 17.7 Å². The summed E-state index contributed by atoms with van der Waals surface area (Å²) in [7, 11) is 1.57. The highest BCUT2D eigenvalue weighted by molar-refractivity contribution is 6.05. The number of aromatic nitrogens is 2. The number of nitrogens with zero attached hydrogens (tertiary/aromatic N) is 2. The zero-order valence-corrected chi connectivity index (χ0v) is 19.9. The number of amides is 3. The summed E-state index contributed by atoms with van der Waals surface area (Å²) in [6.45, 7) is 5.04. The number of benzene rings is 2. The van der Waals surface area contributed by atoms with Crippen LogP contribution in [0.4, 0.5) is 0 Å². The van der Waals surface area contributed by atoms with Crippen molar-refractivity contribution in [3.8, 4) is 5.75 Å². The second-order valence-electron chi connectivity index (χ2n) is 8.02. The first-order valence-electron chi connectivity index (χ1n) is 11.0. The van der Waals surface area contributed by atoms with Gasteiger partial charge in [-0.3, -0.25) is 30.0 Å². The fraction of sp³-hybridized carbons (Fsp3) is 0.240. The van der Waals surface area contributed by atoms with Gasteiger partial charge in [-0.25, -0.2) is 4.68 Å². The van der Waals surface area contributed by atoms with Crippen molar-refractivity contribution in [3.05, 3.63) is 76.2 Å². The van der Waals surface area contributed by atoms with Gasteiger partial charge in [-0.1, -0.05) is 30.3 Å². The van der Waals surface area contributed by atoms with E-state index in [-0.39, 0.29) is 17.3 Å². The third kappa shape index (κ3) is 6.11. The summed E-state index contributed by atoms with van der Waals surface area (Å²) in [4.78, 5) is 50.0. The predicted octanol–water partition coefficient (Wildman–Crippen LogP) is 1.97. The van der Waals surface area contributed by atoms with Gasteiger partial charge in [-0.05, 0) is 50.6 Å². The van der Waals surface area contributed by atoms with E-state index in [2.05, 4.69) is 21.3 Å². The fourth-order valence-corrected chi connectivity index (χ4v) is 3.22. The molecule has 0 bridgehead atoms. The van der Waals surface area contributed by atoms with Gasteiger partial charge >= 0.3 is 0 Å². The average Bonchev–Trinajstić information content (AvgIpc) is 2.86. The first-order valence-corrected chi connectivity index (χ1v) is 11.0. The van der Waals surface area contributed by atoms with Gasteiger partial charge in [-0.15, -0.1) is 0 Å². The Morgan fingerprint density at radius 3 is 2.26 bits per heavy atom. The first kappa shape index (κ1) is 25.2. The Morgan fingerprint density at radius 2 is 1.63 bits per heavy atom. The van der Waals surface area contributed by atoms with E-state index in [1.54, 1.807) is 75.6 Å². The van der Waals surface area contributed by atoms with Gasteiger partial charge in [0.25, 0.3) is 17.4 Å². The van der Waals surface area contributed by atoms with Crippen molar-refractivity contribution in [1.29, 1.82) is 0 Å². The van der Waals surface area contributed by atoms with Crippen LogP contribution in [0.3, 0.4) is 0 Å². The lowest BCUT2D eigenvalue weighted by molar-refractivity contribution is -0.127. The molecule has 35 heavy (non-hydrogen) atoms. The molecular formula is C25H27N5O5. The highest BCUT2D eigenvalue weighted by Crippen LogP contribution is 2.15. The monoisotopic (exact) mass is 477 g/mol. The number of hydrazine groups is 1. The lowest BCUT2D eigenvalue weighted by atomic mass is 10.1. The molecule has 0 spiro atoms. The molecule has 10 heteroatoms. The maximum absolute atomic E-state index is 12.8. The first-order chi connectivity index (χ1) is 16.7. The summed E-state index contributed by atoms with van der Waals surface area (Å²) in [5.74, 6) is -1.11. The zero-order chi connectivity index (χ0) is 25.5. The Morgan fingerprint density at radius 1 is 0.971 bits per heavy atom. The quantitative estimate of drug-likeness (QED) is 0.352. The molecule has 0 saturated heterocycles. The molecule has 182 valence electrons. The summed E-state index contributed by atoms with van der Waals surface area (Å²) in [6, 6.07) is 12.5. The van der Waals surface area contributed by atoms with Crippen molar-refractivity contribution in [2.24, 2.45) is 0 Å². The van der Waals surface area contributed by atoms with Crippen LogP contribution in [-0.2, 0) is 9.59 Å². The molecule has 1 atom stereocenters. The van der Waals surface area contributed by atoms with E-state index in [0.717, 1.165) is 5.56 Å². The standard InChI is InChI=1S/C25H27N5O5/c1-15(2)30-25(34)20-8-6-5-7-19(20)22(29-30)24(33)28-27-23(32)16(3)26-21(31)14-11-17-9-12-18(35-4)13-10-17/h5-16H,1-4H3,(H,26,31)(H,27,32)(H,28,33)/b14-11+. The van der Waals surface area contributed by atoms with Crippen LogP contribution in [0.15, 0.2) is 59.4 Å². The minimum absolute atomic E-state index is 0.00619. The van der Waals surface area contributed by atoms with Crippen LogP contribution in [0, 0.1) is 0 Å². The summed E-state index contributed by atoms with van der Waals surface area (Å²) in [5.41, 5.74) is 5.05. The smallest absolute Gasteiger partial charge is 0.290 e. The number of hydrogen-bond donors (Lipinski definition) is 3. The molecule has 2 aromatic carbocycles. The van der Waals surface area contributed by atoms with Crippen molar-refractivity contribution < 1.29 is 19.1 Å². The van der Waals surface area contributed by atoms with Gasteiger partial charge in [0.15, 0.2) is 5.69 Å². The number of carbonyl (C=O) groups excluding carboxylic acids is 3. The normalized spacial score (nSPS) is 11.9. The Balaban J connectivity index is 1.62. The molecule has 0 fully saturated rings. The van der Waals surface area contributed by atoms with Crippen LogP contribution in [0.2, 0.25) is 0 Å². The van der Waals surface area contributed by atoms with E-state index >= 15 is 0 Å². The maximum Gasteiger partial charge on any atom is 0.290 e. The number of nitrogens with one attached hydrogen (secondary N) is 3. The van der Waals surface area contributed by atoms with E-state index in [9.17, 15) is 19.2 Å². The zero-order valence-electron chi connectivity index (χ0n) is 19.9. The van der Waals surface area contributed by atoms with Gasteiger partial charge in [0.05, 0.1) is 18.5 Å². The number of carbonyl (C=O) groups is 3. The number of hydrogen-bond acceptors (Lipinski definition) is 6. The van der Waals surface area contributed by atoms with Gasteiger partial charge in [0.1, 0.15) is 11.8 Å². The Labute approximate surface area is 201 Å². The molecule has 0 aliphatic carbocycles. The molecule has 0 aliphatic heterocycles. The van der Waals surface area contributed by atoms with Crippen molar-refractivity contribution in [3.63, 3.8) is 0 Å². The van der Waals surface area contributed by atoms with Crippen molar-refractivity contribution in [1.82, 2.24) is 25.9 Å². The molecule has 10 nitrogen and oxygen atoms in total. The SMILES string of the molecule is COc1ccc(/C=C/C(=O)NC(C)C(=O)NNC(=O)c2nn(C(C)C)c(=O)c3ccccc23)cc1. The number of ether oxygens (including phenoxy) is 1. The van der Waals surface area contributed by atoms with Crippen molar-refractivity contribution in [2.75, 3.05) is 7.11 Å². The third-order valence-corrected chi connectivity index (χ3v) is 5.13. The molecule has 1 unspecified atom stereocenters. The van der Waals surface area contributed by atoms with Crippen LogP contribution in [0.5, 0.6) is 5.75 Å². The summed E-state index contributed by atoms with van der Waals surface area (Å²) in [6.07, 6.45) is 2.90. The molecular weight excluding hydrogens is 450 g/mol. The Bertz CT molecular complexity index is 1330. The number of methoxy groups -OCH3 is 1. The number of fused-ring (bicyclic) bond motifs is 1. The highest BCUT2D eigenvalue weighted by Gasteiger charge is 2.20. The van der Waals surface area contributed by atoms with Crippen LogP contribution in [0.25, 0.3) is 16.8 Å². The molecule has 1 heterocycles. The van der Waals surface area contributed by atoms with Crippen LogP contribution in [-0.4, -0.2) is 40.7 Å². The van der Waals surface area contributed by atoms with E-state index in [0.29, 0.717) is 16.5 Å². The average molecular weight is 478 g/mol. The van der Waals surface area contributed by atoms with Gasteiger partial charge in [-0.2, -0.15) is 5.10 Å². The Hall–Kier alpha value is -4.47. The van der Waals surface area contributed by atoms with E-state index in [1.807, 2.05) is 0 Å². The highest BCUT2D eigenvalue weighted by atomic mass is 16.5. The van der Waals surface area contributed by atoms with Crippen LogP contribution in [0.1, 0.15) is 42.9 Å². The lowest BCUT2D eigenvalue weighted by Crippen LogP contribution is -2.51. The third-order valence-electron chi connectivity index (χ3n) is 5.13. The molecule has 3 aromatic rings. The number of rotatable bonds is 7. The molecule has 3 N–H and O–H groups in total. The Kier molecular flexibility index (Phi) is 7.98. The minimum Gasteiger partial charge on any atom is -0.497 e. The van der Waals surface area contributed by atoms with Crippen molar-refractivity contribution >= 4 is 34.6 Å². The second-order valence-corrected chi connectivity index (χ2v) is 8.02. The summed E-state index contributed by atoms with van der Waals surface area (Å²) < 4.78 is 6.31. The summed E-state index contributed by atoms with van der Waals surface area (Å²) in [5, 5.41) is 7.42. The van der Waals surface area contributed by atoms with Gasteiger partial charge in [0.2, 0.25) is 5.91 Å². The van der Waals surface area contributed by atoms with Gasteiger partial charge in [0, 0.05) is 11.5 Å². The van der Waals surface area contributed by atoms with Gasteiger partial charge < -0.3 is 10.1 Å². The molecule has 0 saturated carbocycles. The van der Waals surface area contributed by atoms with E-state index in [4.69, 9.17) is 4.74 Å². The predicted molar refractivity (Wildman–Crippen MR) is 132 cm³/mol. The second kappa shape index (κ2) is 11.1.